The van der Waals surface area contributed by atoms with Crippen molar-refractivity contribution in [1.82, 2.24) is 14.8 Å². The molecule has 0 radical (unpaired) electrons. The summed E-state index contributed by atoms with van der Waals surface area (Å²) in [5.74, 6) is 0.547. The standard InChI is InChI=1S/C30H32N4O2S/c1-23-9-5-6-12-25(23)30(36)31-15-16-34-21-28(26-13-7-8-14-27(26)34)37-22-29(35)33-19-17-32(18-20-33)24-10-3-2-4-11-24/h2-14,21H,15-20,22H2,1H3,(H,31,36). The summed E-state index contributed by atoms with van der Waals surface area (Å²) in [6.07, 6.45) is 2.11. The van der Waals surface area contributed by atoms with Crippen molar-refractivity contribution in [3.8, 4) is 0 Å². The van der Waals surface area contributed by atoms with Gasteiger partial charge >= 0.3 is 0 Å². The number of anilines is 1. The lowest BCUT2D eigenvalue weighted by Crippen LogP contribution is -2.49. The lowest BCUT2D eigenvalue weighted by molar-refractivity contribution is -0.128. The molecule has 0 atom stereocenters. The molecule has 1 aliphatic heterocycles. The van der Waals surface area contributed by atoms with Crippen molar-refractivity contribution in [1.29, 1.82) is 0 Å². The van der Waals surface area contributed by atoms with E-state index in [1.165, 1.54) is 5.69 Å². The smallest absolute Gasteiger partial charge is 0.251 e. The SMILES string of the molecule is Cc1ccccc1C(=O)NCCn1cc(SCC(=O)N2CCN(c3ccccc3)CC2)c2ccccc21. The number of nitrogens with zero attached hydrogens (tertiary/aromatic N) is 3. The van der Waals surface area contributed by atoms with Gasteiger partial charge in [-0.2, -0.15) is 0 Å². The Bertz CT molecular complexity index is 1380. The zero-order valence-corrected chi connectivity index (χ0v) is 21.9. The van der Waals surface area contributed by atoms with E-state index in [4.69, 9.17) is 0 Å². The number of nitrogens with one attached hydrogen (secondary N) is 1. The van der Waals surface area contributed by atoms with Crippen LogP contribution in [0.1, 0.15) is 15.9 Å². The highest BCUT2D eigenvalue weighted by Gasteiger charge is 2.22. The van der Waals surface area contributed by atoms with Crippen molar-refractivity contribution >= 4 is 40.2 Å². The molecule has 1 saturated heterocycles. The van der Waals surface area contributed by atoms with Crippen molar-refractivity contribution in [3.63, 3.8) is 0 Å². The molecule has 2 amide bonds. The number of aryl methyl sites for hydroxylation is 1. The molecule has 1 aliphatic rings. The summed E-state index contributed by atoms with van der Waals surface area (Å²) < 4.78 is 2.17. The van der Waals surface area contributed by atoms with Crippen LogP contribution >= 0.6 is 11.8 Å². The summed E-state index contributed by atoms with van der Waals surface area (Å²) >= 11 is 1.60. The molecule has 1 aromatic heterocycles. The van der Waals surface area contributed by atoms with Crippen molar-refractivity contribution < 1.29 is 9.59 Å². The topological polar surface area (TPSA) is 57.6 Å². The van der Waals surface area contributed by atoms with Crippen LogP contribution < -0.4 is 10.2 Å². The minimum Gasteiger partial charge on any atom is -0.368 e. The van der Waals surface area contributed by atoms with Gasteiger partial charge in [-0.1, -0.05) is 54.6 Å². The average Bonchev–Trinajstić information content (AvgIpc) is 3.30. The third-order valence-corrected chi connectivity index (χ3v) is 7.91. The number of amides is 2. The number of thioether (sulfide) groups is 1. The summed E-state index contributed by atoms with van der Waals surface area (Å²) in [5.41, 5.74) is 4.00. The van der Waals surface area contributed by atoms with Crippen LogP contribution in [0.15, 0.2) is 90.0 Å². The fourth-order valence-electron chi connectivity index (χ4n) is 4.81. The Morgan fingerprint density at radius 2 is 1.57 bits per heavy atom. The zero-order chi connectivity index (χ0) is 25.6. The minimum atomic E-state index is -0.0536. The highest BCUT2D eigenvalue weighted by atomic mass is 32.2. The van der Waals surface area contributed by atoms with Crippen molar-refractivity contribution in [3.05, 3.63) is 96.2 Å². The second-order valence-electron chi connectivity index (χ2n) is 9.27. The van der Waals surface area contributed by atoms with Gasteiger partial charge in [0.15, 0.2) is 0 Å². The van der Waals surface area contributed by atoms with Gasteiger partial charge in [-0.25, -0.2) is 0 Å². The molecule has 0 spiro atoms. The first-order valence-electron chi connectivity index (χ1n) is 12.7. The van der Waals surface area contributed by atoms with Gasteiger partial charge in [0.25, 0.3) is 5.91 Å². The van der Waals surface area contributed by atoms with Crippen LogP contribution in [0.5, 0.6) is 0 Å². The maximum atomic E-state index is 13.0. The third kappa shape index (κ3) is 5.83. The average molecular weight is 513 g/mol. The van der Waals surface area contributed by atoms with Gasteiger partial charge in [-0.05, 0) is 36.8 Å². The number of carbonyl (C=O) groups excluding carboxylic acids is 2. The van der Waals surface area contributed by atoms with E-state index in [0.717, 1.165) is 47.5 Å². The number of hydrogen-bond acceptors (Lipinski definition) is 4. The first-order chi connectivity index (χ1) is 18.1. The molecule has 5 rings (SSSR count). The Morgan fingerprint density at radius 1 is 0.865 bits per heavy atom. The molecule has 0 bridgehead atoms. The number of carbonyl (C=O) groups is 2. The van der Waals surface area contributed by atoms with Gasteiger partial charge in [0, 0.05) is 72.5 Å². The molecule has 3 aromatic carbocycles. The van der Waals surface area contributed by atoms with Crippen LogP contribution in [0, 0.1) is 6.92 Å². The molecule has 2 heterocycles. The number of hydrogen-bond donors (Lipinski definition) is 1. The predicted octanol–water partition coefficient (Wildman–Crippen LogP) is 4.82. The van der Waals surface area contributed by atoms with E-state index in [2.05, 4.69) is 57.4 Å². The molecular weight excluding hydrogens is 480 g/mol. The van der Waals surface area contributed by atoms with Crippen molar-refractivity contribution in [2.75, 3.05) is 43.4 Å². The fourth-order valence-corrected chi connectivity index (χ4v) is 5.80. The highest BCUT2D eigenvalue weighted by Crippen LogP contribution is 2.30. The van der Waals surface area contributed by atoms with Crippen molar-refractivity contribution in [2.45, 2.75) is 18.4 Å². The molecule has 1 N–H and O–H groups in total. The normalized spacial score (nSPS) is 13.6. The molecule has 0 aliphatic carbocycles. The van der Waals surface area contributed by atoms with E-state index in [0.29, 0.717) is 24.4 Å². The van der Waals surface area contributed by atoms with Crippen LogP contribution in [0.4, 0.5) is 5.69 Å². The largest absolute Gasteiger partial charge is 0.368 e. The number of para-hydroxylation sites is 2. The molecule has 1 fully saturated rings. The van der Waals surface area contributed by atoms with Gasteiger partial charge in [0.05, 0.1) is 5.75 Å². The predicted molar refractivity (Wildman–Crippen MR) is 151 cm³/mol. The van der Waals surface area contributed by atoms with E-state index in [1.807, 2.05) is 54.3 Å². The summed E-state index contributed by atoms with van der Waals surface area (Å²) in [6.45, 7) is 6.34. The maximum absolute atomic E-state index is 13.0. The first kappa shape index (κ1) is 25.0. The van der Waals surface area contributed by atoms with Crippen LogP contribution in [-0.2, 0) is 11.3 Å². The molecule has 0 saturated carbocycles. The Morgan fingerprint density at radius 3 is 2.35 bits per heavy atom. The third-order valence-electron chi connectivity index (χ3n) is 6.88. The van der Waals surface area contributed by atoms with E-state index in [1.54, 1.807) is 11.8 Å². The van der Waals surface area contributed by atoms with Crippen LogP contribution in [0.2, 0.25) is 0 Å². The lowest BCUT2D eigenvalue weighted by Gasteiger charge is -2.36. The van der Waals surface area contributed by atoms with Gasteiger partial charge in [-0.3, -0.25) is 9.59 Å². The molecular formula is C30H32N4O2S. The van der Waals surface area contributed by atoms with Gasteiger partial charge in [0.2, 0.25) is 5.91 Å². The van der Waals surface area contributed by atoms with Gasteiger partial charge in [0.1, 0.15) is 0 Å². The van der Waals surface area contributed by atoms with E-state index >= 15 is 0 Å². The lowest BCUT2D eigenvalue weighted by atomic mass is 10.1. The Balaban J connectivity index is 1.17. The summed E-state index contributed by atoms with van der Waals surface area (Å²) in [6, 6.07) is 26.2. The number of piperazine rings is 1. The summed E-state index contributed by atoms with van der Waals surface area (Å²) in [5, 5.41) is 4.18. The monoisotopic (exact) mass is 512 g/mol. The number of fused-ring (bicyclic) bond motifs is 1. The minimum absolute atomic E-state index is 0.0536. The van der Waals surface area contributed by atoms with Gasteiger partial charge < -0.3 is 19.7 Å². The Labute approximate surface area is 222 Å². The van der Waals surface area contributed by atoms with E-state index in [9.17, 15) is 9.59 Å². The Kier molecular flexibility index (Phi) is 7.80. The molecule has 7 heteroatoms. The van der Waals surface area contributed by atoms with E-state index in [-0.39, 0.29) is 11.8 Å². The van der Waals surface area contributed by atoms with Gasteiger partial charge in [-0.15, -0.1) is 11.8 Å². The second-order valence-corrected chi connectivity index (χ2v) is 10.3. The number of benzene rings is 3. The Hall–Kier alpha value is -3.71. The van der Waals surface area contributed by atoms with Crippen LogP contribution in [0.25, 0.3) is 10.9 Å². The molecule has 0 unspecified atom stereocenters. The molecule has 6 nitrogen and oxygen atoms in total. The van der Waals surface area contributed by atoms with Crippen LogP contribution in [0.3, 0.4) is 0 Å². The first-order valence-corrected chi connectivity index (χ1v) is 13.7. The fraction of sp³-hybridized carbons (Fsp3) is 0.267. The molecule has 4 aromatic rings. The zero-order valence-electron chi connectivity index (χ0n) is 21.1. The summed E-state index contributed by atoms with van der Waals surface area (Å²) in [7, 11) is 0. The number of rotatable bonds is 8. The molecule has 37 heavy (non-hydrogen) atoms. The second kappa shape index (κ2) is 11.6. The summed E-state index contributed by atoms with van der Waals surface area (Å²) in [4.78, 5) is 31.0. The van der Waals surface area contributed by atoms with E-state index < -0.39 is 0 Å². The number of aromatic nitrogens is 1. The highest BCUT2D eigenvalue weighted by molar-refractivity contribution is 8.00. The quantitative estimate of drug-likeness (QED) is 0.344. The van der Waals surface area contributed by atoms with Crippen LogP contribution in [-0.4, -0.2) is 59.8 Å². The molecule has 190 valence electrons. The van der Waals surface area contributed by atoms with Crippen molar-refractivity contribution in [2.24, 2.45) is 0 Å². The maximum Gasteiger partial charge on any atom is 0.251 e.